The third-order valence-corrected chi connectivity index (χ3v) is 3.17. The number of unbranched alkanes of at least 4 members (excludes halogenated alkanes) is 1. The summed E-state index contributed by atoms with van der Waals surface area (Å²) < 4.78 is 6.88. The smallest absolute Gasteiger partial charge is 0.0914 e. The summed E-state index contributed by atoms with van der Waals surface area (Å²) in [5.41, 5.74) is 2.61. The molecule has 0 saturated heterocycles. The van der Waals surface area contributed by atoms with Gasteiger partial charge in [-0.1, -0.05) is 65.8 Å². The van der Waals surface area contributed by atoms with E-state index < -0.39 is 0 Å². The van der Waals surface area contributed by atoms with E-state index in [2.05, 4.69) is 60.7 Å². The molecule has 84 valence electrons. The van der Waals surface area contributed by atoms with Crippen LogP contribution in [-0.4, -0.2) is 11.0 Å². The molecule has 0 heterocycles. The number of halogens is 1. The van der Waals surface area contributed by atoms with Crippen LogP contribution >= 0.6 is 22.6 Å². The van der Waals surface area contributed by atoms with Crippen LogP contribution in [0.5, 0.6) is 0 Å². The Labute approximate surface area is 106 Å². The Bertz CT molecular complexity index is 286. The maximum atomic E-state index is 5.87. The molecule has 0 fully saturated rings. The molecule has 0 amide bonds. The number of rotatable bonds is 6. The van der Waals surface area contributed by atoms with E-state index in [9.17, 15) is 0 Å². The SMILES string of the molecule is CCCCOC(CI)c1cccc(C)c1. The van der Waals surface area contributed by atoms with Crippen LogP contribution in [0.2, 0.25) is 0 Å². The molecule has 0 spiro atoms. The second kappa shape index (κ2) is 7.23. The van der Waals surface area contributed by atoms with Crippen LogP contribution in [0.3, 0.4) is 0 Å². The zero-order valence-electron chi connectivity index (χ0n) is 9.50. The molecule has 0 saturated carbocycles. The van der Waals surface area contributed by atoms with Crippen LogP contribution in [0.1, 0.15) is 37.0 Å². The maximum absolute atomic E-state index is 5.87. The largest absolute Gasteiger partial charge is 0.373 e. The van der Waals surface area contributed by atoms with Crippen molar-refractivity contribution in [2.45, 2.75) is 32.8 Å². The summed E-state index contributed by atoms with van der Waals surface area (Å²) in [4.78, 5) is 0. The van der Waals surface area contributed by atoms with Gasteiger partial charge in [0.2, 0.25) is 0 Å². The van der Waals surface area contributed by atoms with Crippen molar-refractivity contribution in [1.82, 2.24) is 0 Å². The van der Waals surface area contributed by atoms with E-state index in [1.807, 2.05) is 0 Å². The van der Waals surface area contributed by atoms with Gasteiger partial charge < -0.3 is 4.74 Å². The summed E-state index contributed by atoms with van der Waals surface area (Å²) in [7, 11) is 0. The lowest BCUT2D eigenvalue weighted by Gasteiger charge is -2.16. The molecule has 0 aliphatic rings. The lowest BCUT2D eigenvalue weighted by atomic mass is 10.1. The fraction of sp³-hybridized carbons (Fsp3) is 0.538. The highest BCUT2D eigenvalue weighted by Gasteiger charge is 2.09. The van der Waals surface area contributed by atoms with Crippen LogP contribution in [0.15, 0.2) is 24.3 Å². The quantitative estimate of drug-likeness (QED) is 0.432. The van der Waals surface area contributed by atoms with Gasteiger partial charge in [-0.15, -0.1) is 0 Å². The summed E-state index contributed by atoms with van der Waals surface area (Å²) in [6.45, 7) is 5.19. The molecule has 0 radical (unpaired) electrons. The van der Waals surface area contributed by atoms with Crippen LogP contribution in [0.4, 0.5) is 0 Å². The van der Waals surface area contributed by atoms with E-state index in [1.165, 1.54) is 17.5 Å². The van der Waals surface area contributed by atoms with E-state index >= 15 is 0 Å². The van der Waals surface area contributed by atoms with Crippen LogP contribution in [0.25, 0.3) is 0 Å². The van der Waals surface area contributed by atoms with E-state index in [0.717, 1.165) is 17.5 Å². The molecular weight excluding hydrogens is 299 g/mol. The third kappa shape index (κ3) is 4.51. The number of aryl methyl sites for hydroxylation is 1. The van der Waals surface area contributed by atoms with Crippen molar-refractivity contribution in [1.29, 1.82) is 0 Å². The van der Waals surface area contributed by atoms with Gasteiger partial charge in [-0.2, -0.15) is 0 Å². The summed E-state index contributed by atoms with van der Waals surface area (Å²) in [5.74, 6) is 0. The molecule has 1 atom stereocenters. The molecule has 1 rings (SSSR count). The minimum absolute atomic E-state index is 0.261. The summed E-state index contributed by atoms with van der Waals surface area (Å²) >= 11 is 2.39. The normalized spacial score (nSPS) is 12.7. The van der Waals surface area contributed by atoms with Gasteiger partial charge in [-0.05, 0) is 18.9 Å². The minimum atomic E-state index is 0.261. The van der Waals surface area contributed by atoms with Gasteiger partial charge >= 0.3 is 0 Å². The Hall–Kier alpha value is -0.0900. The number of hydrogen-bond acceptors (Lipinski definition) is 1. The second-order valence-electron chi connectivity index (χ2n) is 3.78. The zero-order chi connectivity index (χ0) is 11.1. The highest BCUT2D eigenvalue weighted by atomic mass is 127. The number of ether oxygens (including phenoxy) is 1. The molecule has 2 heteroatoms. The fourth-order valence-electron chi connectivity index (χ4n) is 1.47. The van der Waals surface area contributed by atoms with Crippen molar-refractivity contribution < 1.29 is 4.74 Å². The third-order valence-electron chi connectivity index (χ3n) is 2.37. The molecule has 0 N–H and O–H groups in total. The molecule has 1 aromatic carbocycles. The van der Waals surface area contributed by atoms with Gasteiger partial charge in [0.15, 0.2) is 0 Å². The topological polar surface area (TPSA) is 9.23 Å². The van der Waals surface area contributed by atoms with Crippen molar-refractivity contribution in [3.63, 3.8) is 0 Å². The lowest BCUT2D eigenvalue weighted by molar-refractivity contribution is 0.0688. The van der Waals surface area contributed by atoms with E-state index in [0.29, 0.717) is 0 Å². The molecule has 0 aliphatic carbocycles. The van der Waals surface area contributed by atoms with E-state index in [1.54, 1.807) is 0 Å². The molecule has 0 aromatic heterocycles. The first-order chi connectivity index (χ1) is 7.27. The lowest BCUT2D eigenvalue weighted by Crippen LogP contribution is -2.07. The van der Waals surface area contributed by atoms with Crippen molar-refractivity contribution in [3.8, 4) is 0 Å². The van der Waals surface area contributed by atoms with Gasteiger partial charge in [-0.3, -0.25) is 0 Å². The predicted octanol–water partition coefficient (Wildman–Crippen LogP) is 4.29. The standard InChI is InChI=1S/C13H19IO/c1-3-4-8-15-13(10-14)12-7-5-6-11(2)9-12/h5-7,9,13H,3-4,8,10H2,1-2H3. The molecule has 15 heavy (non-hydrogen) atoms. The summed E-state index contributed by atoms with van der Waals surface area (Å²) in [6, 6.07) is 8.60. The van der Waals surface area contributed by atoms with Gasteiger partial charge in [0, 0.05) is 11.0 Å². The summed E-state index contributed by atoms with van der Waals surface area (Å²) in [6.07, 6.45) is 2.61. The molecule has 1 nitrogen and oxygen atoms in total. The average molecular weight is 318 g/mol. The van der Waals surface area contributed by atoms with Crippen molar-refractivity contribution in [2.75, 3.05) is 11.0 Å². The molecule has 0 aliphatic heterocycles. The monoisotopic (exact) mass is 318 g/mol. The molecule has 1 aromatic rings. The van der Waals surface area contributed by atoms with E-state index in [-0.39, 0.29) is 6.10 Å². The summed E-state index contributed by atoms with van der Waals surface area (Å²) in [5, 5.41) is 0. The van der Waals surface area contributed by atoms with Crippen molar-refractivity contribution >= 4 is 22.6 Å². The minimum Gasteiger partial charge on any atom is -0.373 e. The van der Waals surface area contributed by atoms with Crippen LogP contribution < -0.4 is 0 Å². The Morgan fingerprint density at radius 2 is 2.20 bits per heavy atom. The fourth-order valence-corrected chi connectivity index (χ4v) is 2.23. The van der Waals surface area contributed by atoms with E-state index in [4.69, 9.17) is 4.74 Å². The zero-order valence-corrected chi connectivity index (χ0v) is 11.7. The molecule has 0 bridgehead atoms. The first-order valence-electron chi connectivity index (χ1n) is 5.52. The second-order valence-corrected chi connectivity index (χ2v) is 4.66. The Morgan fingerprint density at radius 1 is 1.40 bits per heavy atom. The Kier molecular flexibility index (Phi) is 6.25. The van der Waals surface area contributed by atoms with Crippen LogP contribution in [0, 0.1) is 6.92 Å². The number of hydrogen-bond donors (Lipinski definition) is 0. The van der Waals surface area contributed by atoms with Gasteiger partial charge in [0.05, 0.1) is 6.10 Å². The molecule has 1 unspecified atom stereocenters. The van der Waals surface area contributed by atoms with Gasteiger partial charge in [0.1, 0.15) is 0 Å². The first-order valence-corrected chi connectivity index (χ1v) is 7.04. The van der Waals surface area contributed by atoms with Crippen LogP contribution in [-0.2, 0) is 4.74 Å². The number of alkyl halides is 1. The van der Waals surface area contributed by atoms with Gasteiger partial charge in [0.25, 0.3) is 0 Å². The highest BCUT2D eigenvalue weighted by Crippen LogP contribution is 2.21. The van der Waals surface area contributed by atoms with Crippen molar-refractivity contribution in [2.24, 2.45) is 0 Å². The highest BCUT2D eigenvalue weighted by molar-refractivity contribution is 14.1. The Morgan fingerprint density at radius 3 is 2.80 bits per heavy atom. The maximum Gasteiger partial charge on any atom is 0.0914 e. The molecular formula is C13H19IO. The van der Waals surface area contributed by atoms with Gasteiger partial charge in [-0.25, -0.2) is 0 Å². The van der Waals surface area contributed by atoms with Crippen molar-refractivity contribution in [3.05, 3.63) is 35.4 Å². The average Bonchev–Trinajstić information content (AvgIpc) is 2.24. The Balaban J connectivity index is 2.57. The predicted molar refractivity (Wildman–Crippen MR) is 73.7 cm³/mol. The first kappa shape index (κ1) is 13.0. The number of benzene rings is 1.